The maximum Gasteiger partial charge on any atom is 0.348 e. The van der Waals surface area contributed by atoms with Crippen LogP contribution in [0.1, 0.15) is 19.3 Å². The molecule has 0 aliphatic heterocycles. The molecular weight excluding hydrogens is 502 g/mol. The van der Waals surface area contributed by atoms with E-state index < -0.39 is 0 Å². The van der Waals surface area contributed by atoms with Gasteiger partial charge in [-0.15, -0.1) is 22.7 Å². The third kappa shape index (κ3) is 5.02. The van der Waals surface area contributed by atoms with E-state index in [-0.39, 0.29) is 24.3 Å². The number of nitrogen functional groups attached to an aromatic ring is 1. The quantitative estimate of drug-likeness (QED) is 0.398. The van der Waals surface area contributed by atoms with Crippen LogP contribution in [-0.4, -0.2) is 31.1 Å². The molecule has 152 valence electrons. The summed E-state index contributed by atoms with van der Waals surface area (Å²) in [7, 11) is 2.74. The molecule has 11 heteroatoms. The highest BCUT2D eigenvalue weighted by atomic mass is 79.9. The Morgan fingerprint density at radius 1 is 1.00 bits per heavy atom. The SMILES string of the molecule is COC(=O)c1cc2c(Br)cncc2s1.COC(=O)c1cc2c(N)c[nH+]cc2s1.[Cl-]. The molecule has 0 saturated heterocycles. The summed E-state index contributed by atoms with van der Waals surface area (Å²) in [6, 6.07) is 3.55. The van der Waals surface area contributed by atoms with Crippen LogP contribution in [0.3, 0.4) is 0 Å². The number of methoxy groups -OCH3 is 2. The lowest BCUT2D eigenvalue weighted by molar-refractivity contribution is -0.374. The Kier molecular flexibility index (Phi) is 7.91. The highest BCUT2D eigenvalue weighted by molar-refractivity contribution is 9.10. The predicted octanol–water partition coefficient (Wildman–Crippen LogP) is 0.934. The van der Waals surface area contributed by atoms with Gasteiger partial charge in [-0.3, -0.25) is 4.98 Å². The molecule has 4 aromatic heterocycles. The lowest BCUT2D eigenvalue weighted by Gasteiger charge is -1.90. The average molecular weight is 517 g/mol. The number of H-pyrrole nitrogens is 1. The van der Waals surface area contributed by atoms with Crippen molar-refractivity contribution in [2.24, 2.45) is 0 Å². The van der Waals surface area contributed by atoms with Crippen LogP contribution in [0, 0.1) is 0 Å². The van der Waals surface area contributed by atoms with Gasteiger partial charge in [-0.05, 0) is 28.1 Å². The van der Waals surface area contributed by atoms with Crippen LogP contribution in [0.5, 0.6) is 0 Å². The number of carbonyl (C=O) groups is 2. The molecule has 0 atom stereocenters. The summed E-state index contributed by atoms with van der Waals surface area (Å²) in [5.74, 6) is -0.635. The molecule has 0 fully saturated rings. The van der Waals surface area contributed by atoms with Gasteiger partial charge in [-0.2, -0.15) is 0 Å². The van der Waals surface area contributed by atoms with Gasteiger partial charge in [-0.1, -0.05) is 0 Å². The van der Waals surface area contributed by atoms with E-state index >= 15 is 0 Å². The van der Waals surface area contributed by atoms with E-state index in [1.54, 1.807) is 30.7 Å². The van der Waals surface area contributed by atoms with Gasteiger partial charge in [-0.25, -0.2) is 14.6 Å². The Hall–Kier alpha value is -2.27. The van der Waals surface area contributed by atoms with Crippen molar-refractivity contribution in [3.63, 3.8) is 0 Å². The smallest absolute Gasteiger partial charge is 0.348 e. The van der Waals surface area contributed by atoms with Crippen molar-refractivity contribution in [3.05, 3.63) is 51.1 Å². The number of ether oxygens (including phenoxy) is 2. The minimum Gasteiger partial charge on any atom is -1.00 e. The Balaban J connectivity index is 0.000000200. The van der Waals surface area contributed by atoms with Gasteiger partial charge in [0, 0.05) is 27.6 Å². The zero-order valence-corrected chi connectivity index (χ0v) is 19.2. The minimum atomic E-state index is -0.328. The molecule has 4 rings (SSSR count). The summed E-state index contributed by atoms with van der Waals surface area (Å²) in [5.41, 5.74) is 6.37. The first-order valence-electron chi connectivity index (χ1n) is 7.83. The number of nitrogens with zero attached hydrogens (tertiary/aromatic N) is 1. The first kappa shape index (κ1) is 23.0. The second kappa shape index (κ2) is 9.97. The summed E-state index contributed by atoms with van der Waals surface area (Å²) < 4.78 is 12.1. The molecule has 4 aromatic rings. The van der Waals surface area contributed by atoms with Crippen LogP contribution in [0.4, 0.5) is 5.69 Å². The van der Waals surface area contributed by atoms with Crippen molar-refractivity contribution < 1.29 is 36.5 Å². The molecule has 4 heterocycles. The molecule has 0 saturated carbocycles. The third-order valence-electron chi connectivity index (χ3n) is 3.70. The summed E-state index contributed by atoms with van der Waals surface area (Å²) in [6.07, 6.45) is 6.94. The maximum absolute atomic E-state index is 11.2. The minimum absolute atomic E-state index is 0. The van der Waals surface area contributed by atoms with Gasteiger partial charge in [0.1, 0.15) is 20.1 Å². The second-order valence-corrected chi connectivity index (χ2v) is 8.45. The number of esters is 2. The van der Waals surface area contributed by atoms with Gasteiger partial charge in [0.25, 0.3) is 0 Å². The van der Waals surface area contributed by atoms with Crippen molar-refractivity contribution >= 4 is 76.4 Å². The molecule has 0 radical (unpaired) electrons. The predicted molar refractivity (Wildman–Crippen MR) is 113 cm³/mol. The monoisotopic (exact) mass is 515 g/mol. The zero-order valence-electron chi connectivity index (χ0n) is 15.2. The van der Waals surface area contributed by atoms with Crippen LogP contribution in [-0.2, 0) is 9.47 Å². The number of nitrogens with one attached hydrogen (secondary N) is 1. The maximum atomic E-state index is 11.2. The Labute approximate surface area is 188 Å². The molecule has 0 aliphatic carbocycles. The first-order valence-corrected chi connectivity index (χ1v) is 10.3. The molecule has 0 unspecified atom stereocenters. The topological polar surface area (TPSA) is 106 Å². The van der Waals surface area contributed by atoms with E-state index in [4.69, 9.17) is 5.73 Å². The lowest BCUT2D eigenvalue weighted by Crippen LogP contribution is -3.00. The fourth-order valence-electron chi connectivity index (χ4n) is 2.35. The first-order chi connectivity index (χ1) is 13.4. The number of fused-ring (bicyclic) bond motifs is 2. The fourth-order valence-corrected chi connectivity index (χ4v) is 4.90. The molecule has 0 spiro atoms. The van der Waals surface area contributed by atoms with Crippen LogP contribution < -0.4 is 23.1 Å². The summed E-state index contributed by atoms with van der Waals surface area (Å²) in [4.78, 5) is 30.6. The highest BCUT2D eigenvalue weighted by Gasteiger charge is 2.13. The normalized spacial score (nSPS) is 10.0. The average Bonchev–Trinajstić information content (AvgIpc) is 3.33. The fraction of sp³-hybridized carbons (Fsp3) is 0.111. The van der Waals surface area contributed by atoms with E-state index in [1.807, 2.05) is 6.20 Å². The summed E-state index contributed by atoms with van der Waals surface area (Å²) in [6.45, 7) is 0. The van der Waals surface area contributed by atoms with Gasteiger partial charge in [0.2, 0.25) is 0 Å². The molecule has 0 bridgehead atoms. The number of anilines is 1. The Bertz CT molecular complexity index is 1090. The molecule has 3 N–H and O–H groups in total. The summed E-state index contributed by atoms with van der Waals surface area (Å²) in [5, 5.41) is 1.87. The molecule has 7 nitrogen and oxygen atoms in total. The van der Waals surface area contributed by atoms with Crippen LogP contribution in [0.2, 0.25) is 0 Å². The van der Waals surface area contributed by atoms with E-state index in [0.29, 0.717) is 15.4 Å². The number of hydrogen-bond acceptors (Lipinski definition) is 8. The molecule has 29 heavy (non-hydrogen) atoms. The molecule has 0 aliphatic rings. The van der Waals surface area contributed by atoms with Crippen molar-refractivity contribution in [1.29, 1.82) is 0 Å². The van der Waals surface area contributed by atoms with Gasteiger partial charge >= 0.3 is 11.9 Å². The third-order valence-corrected chi connectivity index (χ3v) is 6.44. The van der Waals surface area contributed by atoms with Crippen LogP contribution >= 0.6 is 38.6 Å². The number of thiophene rings is 2. The number of halogens is 2. The van der Waals surface area contributed by atoms with Gasteiger partial charge in [0.15, 0.2) is 12.4 Å². The second-order valence-electron chi connectivity index (χ2n) is 5.43. The lowest BCUT2D eigenvalue weighted by atomic mass is 10.3. The van der Waals surface area contributed by atoms with Crippen molar-refractivity contribution in [2.75, 3.05) is 20.0 Å². The Morgan fingerprint density at radius 3 is 2.14 bits per heavy atom. The van der Waals surface area contributed by atoms with Gasteiger partial charge in [0.05, 0.1) is 18.9 Å². The molecule has 0 amide bonds. The van der Waals surface area contributed by atoms with E-state index in [9.17, 15) is 9.59 Å². The zero-order chi connectivity index (χ0) is 20.3. The number of pyridine rings is 2. The van der Waals surface area contributed by atoms with Crippen molar-refractivity contribution in [3.8, 4) is 0 Å². The largest absolute Gasteiger partial charge is 1.00 e. The number of carbonyl (C=O) groups excluding carboxylic acids is 2. The van der Waals surface area contributed by atoms with E-state index in [1.165, 1.54) is 36.9 Å². The Morgan fingerprint density at radius 2 is 1.59 bits per heavy atom. The number of hydrogen-bond donors (Lipinski definition) is 1. The summed E-state index contributed by atoms with van der Waals surface area (Å²) >= 11 is 6.11. The standard InChI is InChI=1S/C9H6BrNO2S.C9H8N2O2S.ClH/c2*1-13-9(12)7-2-5-6(10)3-11-4-8(5)14-7;/h2-4H,1H3;2-4H,10H2,1H3;1H. The molecular formula is C18H15BrClN3O4S2. The van der Waals surface area contributed by atoms with Crippen LogP contribution in [0.25, 0.3) is 20.2 Å². The molecule has 0 aromatic carbocycles. The number of aromatic nitrogens is 2. The van der Waals surface area contributed by atoms with Crippen LogP contribution in [0.15, 0.2) is 41.4 Å². The van der Waals surface area contributed by atoms with E-state index in [2.05, 4.69) is 35.4 Å². The number of rotatable bonds is 2. The van der Waals surface area contributed by atoms with Crippen molar-refractivity contribution in [2.45, 2.75) is 0 Å². The van der Waals surface area contributed by atoms with Crippen molar-refractivity contribution in [1.82, 2.24) is 4.98 Å². The van der Waals surface area contributed by atoms with Gasteiger partial charge < -0.3 is 27.6 Å². The number of nitrogens with two attached hydrogens (primary N) is 1. The number of aromatic amines is 1. The highest BCUT2D eigenvalue weighted by Crippen LogP contribution is 2.30. The van der Waals surface area contributed by atoms with E-state index in [0.717, 1.165) is 24.6 Å².